The van der Waals surface area contributed by atoms with E-state index in [1.54, 1.807) is 0 Å². The first-order valence-corrected chi connectivity index (χ1v) is 8.28. The van der Waals surface area contributed by atoms with Gasteiger partial charge in [-0.25, -0.2) is 4.79 Å². The lowest BCUT2D eigenvalue weighted by Gasteiger charge is -2.34. The highest BCUT2D eigenvalue weighted by molar-refractivity contribution is 9.10. The van der Waals surface area contributed by atoms with Crippen LogP contribution in [-0.2, 0) is 0 Å². The van der Waals surface area contributed by atoms with Gasteiger partial charge in [-0.15, -0.1) is 0 Å². The first-order valence-electron chi connectivity index (χ1n) is 7.49. The molecule has 9 nitrogen and oxygen atoms in total. The van der Waals surface area contributed by atoms with E-state index < -0.39 is 12.0 Å². The fourth-order valence-electron chi connectivity index (χ4n) is 2.54. The molecule has 0 saturated carbocycles. The number of hydrogen-bond donors (Lipinski definition) is 3. The number of carboxylic acid groups (broad SMARTS) is 1. The minimum atomic E-state index is -0.907. The summed E-state index contributed by atoms with van der Waals surface area (Å²) in [5.74, 6) is -0.436. The maximum absolute atomic E-state index is 12.2. The van der Waals surface area contributed by atoms with Gasteiger partial charge in [0.1, 0.15) is 6.26 Å². The summed E-state index contributed by atoms with van der Waals surface area (Å²) in [6.07, 6.45) is 0.281. The van der Waals surface area contributed by atoms with Crippen molar-refractivity contribution in [1.29, 1.82) is 0 Å². The van der Waals surface area contributed by atoms with Crippen molar-refractivity contribution >= 4 is 45.3 Å². The van der Waals surface area contributed by atoms with Crippen LogP contribution in [0, 0.1) is 0 Å². The molecule has 10 heteroatoms. The maximum Gasteiger partial charge on any atom is 0.407 e. The summed E-state index contributed by atoms with van der Waals surface area (Å²) >= 11 is 3.40. The molecule has 2 aromatic rings. The van der Waals surface area contributed by atoms with Crippen LogP contribution in [0.4, 0.5) is 22.2 Å². The lowest BCUT2D eigenvalue weighted by Crippen LogP contribution is -2.48. The minimum absolute atomic E-state index is 0.0748. The molecule has 1 aliphatic heterocycles. The van der Waals surface area contributed by atoms with Crippen molar-refractivity contribution in [3.8, 4) is 0 Å². The zero-order valence-corrected chi connectivity index (χ0v) is 14.7. The van der Waals surface area contributed by atoms with Crippen LogP contribution in [0.2, 0.25) is 0 Å². The summed E-state index contributed by atoms with van der Waals surface area (Å²) in [6.45, 7) is 2.04. The number of rotatable bonds is 3. The van der Waals surface area contributed by atoms with E-state index in [1.807, 2.05) is 18.2 Å². The monoisotopic (exact) mass is 409 g/mol. The Bertz CT molecular complexity index is 801. The number of carbonyl (C=O) groups is 2. The van der Waals surface area contributed by atoms with Gasteiger partial charge in [-0.05, 0) is 34.1 Å². The lowest BCUT2D eigenvalue weighted by atomic mass is 10.2. The van der Waals surface area contributed by atoms with Gasteiger partial charge in [0, 0.05) is 36.3 Å². The van der Waals surface area contributed by atoms with Crippen molar-refractivity contribution in [3.63, 3.8) is 0 Å². The van der Waals surface area contributed by atoms with Crippen molar-refractivity contribution in [2.45, 2.75) is 0 Å². The van der Waals surface area contributed by atoms with E-state index in [9.17, 15) is 9.59 Å². The SMILES string of the molecule is Nc1nc(C(=O)Nc2cc(N3CCN(C(=O)O)CC3)ccc2Br)co1. The number of hydrogen-bond acceptors (Lipinski definition) is 6. The first kappa shape index (κ1) is 17.1. The van der Waals surface area contributed by atoms with E-state index in [2.05, 4.69) is 31.1 Å². The highest BCUT2D eigenvalue weighted by Gasteiger charge is 2.21. The Morgan fingerprint density at radius 3 is 2.60 bits per heavy atom. The van der Waals surface area contributed by atoms with Gasteiger partial charge < -0.3 is 30.4 Å². The van der Waals surface area contributed by atoms with Gasteiger partial charge in [-0.2, -0.15) is 4.98 Å². The molecule has 25 heavy (non-hydrogen) atoms. The van der Waals surface area contributed by atoms with Crippen molar-refractivity contribution in [1.82, 2.24) is 9.88 Å². The third-order valence-corrected chi connectivity index (χ3v) is 4.56. The Morgan fingerprint density at radius 1 is 1.28 bits per heavy atom. The number of nitrogens with one attached hydrogen (secondary N) is 1. The molecule has 1 aromatic carbocycles. The number of halogens is 1. The summed E-state index contributed by atoms with van der Waals surface area (Å²) in [4.78, 5) is 30.4. The molecule has 3 rings (SSSR count). The minimum Gasteiger partial charge on any atom is -0.465 e. The van der Waals surface area contributed by atoms with Gasteiger partial charge in [-0.3, -0.25) is 4.79 Å². The van der Waals surface area contributed by atoms with Crippen LogP contribution in [0.15, 0.2) is 33.4 Å². The van der Waals surface area contributed by atoms with Gasteiger partial charge >= 0.3 is 6.09 Å². The van der Waals surface area contributed by atoms with Crippen molar-refractivity contribution < 1.29 is 19.1 Å². The average Bonchev–Trinajstić information content (AvgIpc) is 3.03. The molecule has 2 heterocycles. The Hall–Kier alpha value is -2.75. The number of benzene rings is 1. The van der Waals surface area contributed by atoms with E-state index in [-0.39, 0.29) is 11.7 Å². The Balaban J connectivity index is 1.72. The molecule has 1 fully saturated rings. The van der Waals surface area contributed by atoms with E-state index >= 15 is 0 Å². The molecule has 0 aliphatic carbocycles. The molecule has 0 radical (unpaired) electrons. The highest BCUT2D eigenvalue weighted by Crippen LogP contribution is 2.29. The molecule has 2 amide bonds. The van der Waals surface area contributed by atoms with Gasteiger partial charge in [0.15, 0.2) is 5.69 Å². The Labute approximate surface area is 151 Å². The Kier molecular flexibility index (Phi) is 4.79. The van der Waals surface area contributed by atoms with Crippen LogP contribution in [0.1, 0.15) is 10.5 Å². The number of carbonyl (C=O) groups excluding carboxylic acids is 1. The zero-order chi connectivity index (χ0) is 18.0. The van der Waals surface area contributed by atoms with E-state index in [4.69, 9.17) is 15.3 Å². The van der Waals surface area contributed by atoms with Crippen LogP contribution < -0.4 is 16.0 Å². The largest absolute Gasteiger partial charge is 0.465 e. The van der Waals surface area contributed by atoms with Gasteiger partial charge in [0.05, 0.1) is 5.69 Å². The number of nitrogens with two attached hydrogens (primary N) is 1. The maximum atomic E-state index is 12.2. The fraction of sp³-hybridized carbons (Fsp3) is 0.267. The van der Waals surface area contributed by atoms with Gasteiger partial charge in [-0.1, -0.05) is 0 Å². The van der Waals surface area contributed by atoms with Crippen LogP contribution in [0.25, 0.3) is 0 Å². The molecular formula is C15H16BrN5O4. The van der Waals surface area contributed by atoms with Crippen LogP contribution in [0.3, 0.4) is 0 Å². The number of amides is 2. The van der Waals surface area contributed by atoms with Crippen molar-refractivity contribution in [2.24, 2.45) is 0 Å². The molecule has 0 bridgehead atoms. The summed E-state index contributed by atoms with van der Waals surface area (Å²) in [6, 6.07) is 5.48. The summed E-state index contributed by atoms with van der Waals surface area (Å²) in [5.41, 5.74) is 6.93. The molecule has 132 valence electrons. The second kappa shape index (κ2) is 7.01. The average molecular weight is 410 g/mol. The van der Waals surface area contributed by atoms with Gasteiger partial charge in [0.25, 0.3) is 11.9 Å². The second-order valence-electron chi connectivity index (χ2n) is 5.45. The van der Waals surface area contributed by atoms with Crippen molar-refractivity contribution in [2.75, 3.05) is 42.1 Å². The Morgan fingerprint density at radius 2 is 2.00 bits per heavy atom. The number of piperazine rings is 1. The highest BCUT2D eigenvalue weighted by atomic mass is 79.9. The molecule has 1 saturated heterocycles. The summed E-state index contributed by atoms with van der Waals surface area (Å²) in [5, 5.41) is 11.8. The van der Waals surface area contributed by atoms with E-state index in [1.165, 1.54) is 11.2 Å². The predicted octanol–water partition coefficient (Wildman–Crippen LogP) is 2.07. The second-order valence-corrected chi connectivity index (χ2v) is 6.30. The molecule has 0 atom stereocenters. The molecule has 1 aliphatic rings. The quantitative estimate of drug-likeness (QED) is 0.708. The van der Waals surface area contributed by atoms with Crippen LogP contribution in [-0.4, -0.2) is 53.2 Å². The lowest BCUT2D eigenvalue weighted by molar-refractivity contribution is 0.102. The summed E-state index contributed by atoms with van der Waals surface area (Å²) in [7, 11) is 0. The number of nitrogen functional groups attached to an aromatic ring is 1. The normalized spacial score (nSPS) is 14.4. The van der Waals surface area contributed by atoms with E-state index in [0.29, 0.717) is 36.3 Å². The van der Waals surface area contributed by atoms with Crippen LogP contribution >= 0.6 is 15.9 Å². The predicted molar refractivity (Wildman–Crippen MR) is 94.8 cm³/mol. The molecule has 0 spiro atoms. The first-order chi connectivity index (χ1) is 11.9. The number of anilines is 3. The van der Waals surface area contributed by atoms with Crippen LogP contribution in [0.5, 0.6) is 0 Å². The molecular weight excluding hydrogens is 394 g/mol. The van der Waals surface area contributed by atoms with Gasteiger partial charge in [0.2, 0.25) is 0 Å². The third kappa shape index (κ3) is 3.85. The topological polar surface area (TPSA) is 125 Å². The number of oxazole rings is 1. The third-order valence-electron chi connectivity index (χ3n) is 3.87. The molecule has 1 aromatic heterocycles. The standard InChI is InChI=1S/C15H16BrN5O4/c16-10-2-1-9(20-3-5-21(6-4-20)15(23)24)7-11(10)18-13(22)12-8-25-14(17)19-12/h1-2,7-8H,3-6H2,(H2,17,19)(H,18,22)(H,23,24). The molecule has 4 N–H and O–H groups in total. The molecule has 0 unspecified atom stereocenters. The zero-order valence-electron chi connectivity index (χ0n) is 13.1. The number of aromatic nitrogens is 1. The van der Waals surface area contributed by atoms with E-state index in [0.717, 1.165) is 5.69 Å². The summed E-state index contributed by atoms with van der Waals surface area (Å²) < 4.78 is 5.55. The van der Waals surface area contributed by atoms with Crippen molar-refractivity contribution in [3.05, 3.63) is 34.6 Å². The fourth-order valence-corrected chi connectivity index (χ4v) is 2.89. The smallest absolute Gasteiger partial charge is 0.407 e. The number of nitrogens with zero attached hydrogens (tertiary/aromatic N) is 3.